The highest BCUT2D eigenvalue weighted by Crippen LogP contribution is 2.38. The molecule has 1 aliphatic rings. The summed E-state index contributed by atoms with van der Waals surface area (Å²) in [7, 11) is 4.08. The molecule has 19 heavy (non-hydrogen) atoms. The van der Waals surface area contributed by atoms with E-state index < -0.39 is 0 Å². The third-order valence-electron chi connectivity index (χ3n) is 3.38. The highest BCUT2D eigenvalue weighted by Gasteiger charge is 2.23. The van der Waals surface area contributed by atoms with Gasteiger partial charge >= 0.3 is 0 Å². The quantitative estimate of drug-likeness (QED) is 0.886. The Kier molecular flexibility index (Phi) is 2.82. The Balaban J connectivity index is 1.82. The maximum Gasteiger partial charge on any atom is 0.196 e. The largest absolute Gasteiger partial charge is 0.464 e. The molecule has 0 unspecified atom stereocenters. The molecule has 3 heteroatoms. The molecular formula is C16H18N2O. The van der Waals surface area contributed by atoms with E-state index in [-0.39, 0.29) is 6.23 Å². The fourth-order valence-corrected chi connectivity index (χ4v) is 2.26. The lowest BCUT2D eigenvalue weighted by atomic mass is 10.1. The van der Waals surface area contributed by atoms with E-state index in [1.54, 1.807) is 0 Å². The number of fused-ring (bicyclic) bond motifs is 1. The van der Waals surface area contributed by atoms with Crippen LogP contribution in [0.3, 0.4) is 0 Å². The van der Waals surface area contributed by atoms with Crippen LogP contribution < -0.4 is 15.0 Å². The highest BCUT2D eigenvalue weighted by atomic mass is 16.5. The van der Waals surface area contributed by atoms with Crippen molar-refractivity contribution in [3.8, 4) is 5.75 Å². The summed E-state index contributed by atoms with van der Waals surface area (Å²) in [5.41, 5.74) is 4.63. The Morgan fingerprint density at radius 1 is 1.05 bits per heavy atom. The number of rotatable bonds is 2. The lowest BCUT2D eigenvalue weighted by Crippen LogP contribution is -2.11. The highest BCUT2D eigenvalue weighted by molar-refractivity contribution is 5.62. The predicted molar refractivity (Wildman–Crippen MR) is 78.9 cm³/mol. The number of hydrogen-bond acceptors (Lipinski definition) is 3. The van der Waals surface area contributed by atoms with Crippen LogP contribution in [0.1, 0.15) is 17.4 Å². The van der Waals surface area contributed by atoms with Crippen molar-refractivity contribution < 1.29 is 4.74 Å². The normalized spacial score (nSPS) is 16.5. The average Bonchev–Trinajstić information content (AvgIpc) is 2.81. The molecule has 0 radical (unpaired) electrons. The Morgan fingerprint density at radius 3 is 2.47 bits per heavy atom. The number of nitrogens with one attached hydrogen (secondary N) is 1. The van der Waals surface area contributed by atoms with E-state index in [9.17, 15) is 0 Å². The second kappa shape index (κ2) is 4.50. The molecule has 2 aromatic carbocycles. The summed E-state index contributed by atoms with van der Waals surface area (Å²) >= 11 is 0. The first kappa shape index (κ1) is 11.9. The second-order valence-electron chi connectivity index (χ2n) is 5.13. The summed E-state index contributed by atoms with van der Waals surface area (Å²) in [5, 5.41) is 3.40. The third kappa shape index (κ3) is 2.24. The van der Waals surface area contributed by atoms with Crippen molar-refractivity contribution in [2.75, 3.05) is 24.3 Å². The van der Waals surface area contributed by atoms with Crippen molar-refractivity contribution in [1.82, 2.24) is 0 Å². The van der Waals surface area contributed by atoms with Gasteiger partial charge in [0, 0.05) is 25.3 Å². The van der Waals surface area contributed by atoms with Crippen LogP contribution in [0.5, 0.6) is 5.75 Å². The first-order chi connectivity index (χ1) is 9.13. The fraction of sp³-hybridized carbons (Fsp3) is 0.250. The average molecular weight is 254 g/mol. The topological polar surface area (TPSA) is 24.5 Å². The van der Waals surface area contributed by atoms with Crippen LogP contribution >= 0.6 is 0 Å². The standard InChI is InChI=1S/C16H18N2O/c1-11-4-9-15-14(10-11)17-16(19-15)12-5-7-13(8-6-12)18(2)3/h4-10,16-17H,1-3H3/t16-/m1/s1. The van der Waals surface area contributed by atoms with Gasteiger partial charge in [0.05, 0.1) is 5.69 Å². The maximum absolute atomic E-state index is 5.92. The van der Waals surface area contributed by atoms with Gasteiger partial charge in [-0.2, -0.15) is 0 Å². The maximum atomic E-state index is 5.92. The first-order valence-electron chi connectivity index (χ1n) is 6.44. The predicted octanol–water partition coefficient (Wildman–Crippen LogP) is 3.56. The molecule has 0 aliphatic carbocycles. The zero-order valence-corrected chi connectivity index (χ0v) is 11.5. The molecule has 0 saturated carbocycles. The van der Waals surface area contributed by atoms with Crippen molar-refractivity contribution in [3.05, 3.63) is 53.6 Å². The molecule has 98 valence electrons. The first-order valence-corrected chi connectivity index (χ1v) is 6.44. The van der Waals surface area contributed by atoms with Crippen LogP contribution in [-0.2, 0) is 0 Å². The van der Waals surface area contributed by atoms with E-state index in [4.69, 9.17) is 4.74 Å². The molecule has 3 nitrogen and oxygen atoms in total. The van der Waals surface area contributed by atoms with Gasteiger partial charge in [-0.25, -0.2) is 0 Å². The van der Waals surface area contributed by atoms with Gasteiger partial charge in [0.15, 0.2) is 6.23 Å². The molecule has 0 spiro atoms. The van der Waals surface area contributed by atoms with Gasteiger partial charge in [0.2, 0.25) is 0 Å². The molecular weight excluding hydrogens is 236 g/mol. The van der Waals surface area contributed by atoms with E-state index in [1.165, 1.54) is 11.3 Å². The van der Waals surface area contributed by atoms with Crippen LogP contribution in [0.2, 0.25) is 0 Å². The van der Waals surface area contributed by atoms with Crippen LogP contribution in [0.25, 0.3) is 0 Å². The molecule has 2 aromatic rings. The van der Waals surface area contributed by atoms with E-state index in [0.29, 0.717) is 0 Å². The third-order valence-corrected chi connectivity index (χ3v) is 3.38. The molecule has 1 N–H and O–H groups in total. The SMILES string of the molecule is Cc1ccc2c(c1)N[C@@H](c1ccc(N(C)C)cc1)O2. The molecule has 0 saturated heterocycles. The Morgan fingerprint density at radius 2 is 1.79 bits per heavy atom. The van der Waals surface area contributed by atoms with E-state index in [0.717, 1.165) is 17.0 Å². The van der Waals surface area contributed by atoms with Gasteiger partial charge in [-0.15, -0.1) is 0 Å². The van der Waals surface area contributed by atoms with Crippen LogP contribution in [0.15, 0.2) is 42.5 Å². The molecule has 1 atom stereocenters. The van der Waals surface area contributed by atoms with Gasteiger partial charge in [0.25, 0.3) is 0 Å². The minimum atomic E-state index is -0.0898. The second-order valence-corrected chi connectivity index (χ2v) is 5.13. The van der Waals surface area contributed by atoms with Crippen LogP contribution in [0.4, 0.5) is 11.4 Å². The number of anilines is 2. The van der Waals surface area contributed by atoms with Gasteiger partial charge in [0.1, 0.15) is 5.75 Å². The molecule has 1 heterocycles. The number of ether oxygens (including phenoxy) is 1. The van der Waals surface area contributed by atoms with Crippen molar-refractivity contribution in [2.45, 2.75) is 13.2 Å². The molecule has 0 fully saturated rings. The molecule has 0 aromatic heterocycles. The van der Waals surface area contributed by atoms with E-state index in [1.807, 2.05) is 20.2 Å². The summed E-state index contributed by atoms with van der Waals surface area (Å²) in [6.07, 6.45) is -0.0898. The van der Waals surface area contributed by atoms with Gasteiger partial charge in [-0.05, 0) is 36.8 Å². The number of hydrogen-bond donors (Lipinski definition) is 1. The summed E-state index contributed by atoms with van der Waals surface area (Å²) in [6.45, 7) is 2.08. The zero-order valence-electron chi connectivity index (χ0n) is 11.5. The van der Waals surface area contributed by atoms with Gasteiger partial charge in [-0.1, -0.05) is 18.2 Å². The molecule has 1 aliphatic heterocycles. The van der Waals surface area contributed by atoms with Crippen molar-refractivity contribution in [3.63, 3.8) is 0 Å². The molecule has 0 bridgehead atoms. The minimum absolute atomic E-state index is 0.0898. The van der Waals surface area contributed by atoms with Crippen LogP contribution in [0, 0.1) is 6.92 Å². The summed E-state index contributed by atoms with van der Waals surface area (Å²) in [6, 6.07) is 14.6. The van der Waals surface area contributed by atoms with E-state index >= 15 is 0 Å². The van der Waals surface area contributed by atoms with E-state index in [2.05, 4.69) is 53.5 Å². The Hall–Kier alpha value is -2.16. The smallest absolute Gasteiger partial charge is 0.196 e. The fourth-order valence-electron chi connectivity index (χ4n) is 2.26. The van der Waals surface area contributed by atoms with Gasteiger partial charge < -0.3 is 15.0 Å². The summed E-state index contributed by atoms with van der Waals surface area (Å²) < 4.78 is 5.92. The Bertz CT molecular complexity index is 590. The summed E-state index contributed by atoms with van der Waals surface area (Å²) in [4.78, 5) is 2.09. The van der Waals surface area contributed by atoms with Crippen molar-refractivity contribution >= 4 is 11.4 Å². The summed E-state index contributed by atoms with van der Waals surface area (Å²) in [5.74, 6) is 0.923. The van der Waals surface area contributed by atoms with Gasteiger partial charge in [-0.3, -0.25) is 0 Å². The zero-order chi connectivity index (χ0) is 13.4. The molecule has 0 amide bonds. The van der Waals surface area contributed by atoms with Crippen LogP contribution in [-0.4, -0.2) is 14.1 Å². The number of aryl methyl sites for hydroxylation is 1. The monoisotopic (exact) mass is 254 g/mol. The van der Waals surface area contributed by atoms with Crippen molar-refractivity contribution in [1.29, 1.82) is 0 Å². The Labute approximate surface area is 113 Å². The van der Waals surface area contributed by atoms with Crippen molar-refractivity contribution in [2.24, 2.45) is 0 Å². The number of benzene rings is 2. The lowest BCUT2D eigenvalue weighted by molar-refractivity contribution is 0.260. The molecule has 3 rings (SSSR count). The lowest BCUT2D eigenvalue weighted by Gasteiger charge is -2.15. The number of nitrogens with zero attached hydrogens (tertiary/aromatic N) is 1. The minimum Gasteiger partial charge on any atom is -0.464 e.